The minimum absolute atomic E-state index is 0.106. The van der Waals surface area contributed by atoms with Crippen molar-refractivity contribution in [1.29, 1.82) is 0 Å². The first-order valence-corrected chi connectivity index (χ1v) is 8.23. The molecule has 0 radical (unpaired) electrons. The second-order valence-electron chi connectivity index (χ2n) is 5.72. The van der Waals surface area contributed by atoms with Crippen molar-refractivity contribution in [3.05, 3.63) is 76.8 Å². The third kappa shape index (κ3) is 3.08. The molecule has 25 heavy (non-hydrogen) atoms. The molecule has 0 amide bonds. The molecule has 1 aliphatic rings. The van der Waals surface area contributed by atoms with Crippen LogP contribution in [0.4, 0.5) is 0 Å². The maximum atomic E-state index is 12.6. The number of carbonyl (C=O) groups excluding carboxylic acids is 1. The van der Waals surface area contributed by atoms with E-state index in [1.807, 2.05) is 48.5 Å². The van der Waals surface area contributed by atoms with Crippen LogP contribution in [0.3, 0.4) is 0 Å². The molecule has 124 valence electrons. The Labute approximate surface area is 149 Å². The predicted octanol–water partition coefficient (Wildman–Crippen LogP) is 4.64. The minimum atomic E-state index is -0.758. The maximum absolute atomic E-state index is 12.6. The van der Waals surface area contributed by atoms with Crippen molar-refractivity contribution in [1.82, 2.24) is 0 Å². The number of Topliss-reactive ketones (excluding diaryl/α,β-unsaturated/α-hetero) is 1. The lowest BCUT2D eigenvalue weighted by molar-refractivity contribution is 0.0912. The third-order valence-electron chi connectivity index (χ3n) is 4.06. The van der Waals surface area contributed by atoms with Gasteiger partial charge in [0.2, 0.25) is 5.78 Å². The standard InChI is InChI=1S/C20H14ClNO3/c21-15-8-5-13(6-9-15)12-24-22-11-18-20(23)19-16-4-2-1-3-14(16)7-10-17(19)25-18/h1-11,18H,12H2/b22-11+. The van der Waals surface area contributed by atoms with E-state index in [2.05, 4.69) is 5.16 Å². The number of hydrogen-bond donors (Lipinski definition) is 0. The molecular weight excluding hydrogens is 338 g/mol. The lowest BCUT2D eigenvalue weighted by atomic mass is 10.0. The van der Waals surface area contributed by atoms with Crippen molar-refractivity contribution in [2.45, 2.75) is 12.7 Å². The first-order chi connectivity index (χ1) is 12.2. The first-order valence-electron chi connectivity index (χ1n) is 7.85. The topological polar surface area (TPSA) is 47.9 Å². The number of fused-ring (bicyclic) bond motifs is 3. The molecule has 0 saturated heterocycles. The van der Waals surface area contributed by atoms with Gasteiger partial charge in [-0.05, 0) is 34.5 Å². The van der Waals surface area contributed by atoms with Crippen molar-refractivity contribution < 1.29 is 14.4 Å². The van der Waals surface area contributed by atoms with Crippen LogP contribution in [0.15, 0.2) is 65.8 Å². The van der Waals surface area contributed by atoms with E-state index >= 15 is 0 Å². The fourth-order valence-electron chi connectivity index (χ4n) is 2.83. The Balaban J connectivity index is 1.46. The van der Waals surface area contributed by atoms with Gasteiger partial charge in [-0.15, -0.1) is 0 Å². The summed E-state index contributed by atoms with van der Waals surface area (Å²) in [6, 6.07) is 18.8. The molecule has 1 heterocycles. The number of nitrogens with zero attached hydrogens (tertiary/aromatic N) is 1. The molecule has 4 rings (SSSR count). The molecule has 0 aliphatic carbocycles. The second-order valence-corrected chi connectivity index (χ2v) is 6.15. The van der Waals surface area contributed by atoms with E-state index < -0.39 is 6.10 Å². The number of halogens is 1. The molecule has 5 heteroatoms. The normalized spacial score (nSPS) is 16.2. The Bertz CT molecular complexity index is 966. The van der Waals surface area contributed by atoms with Gasteiger partial charge < -0.3 is 9.57 Å². The number of oxime groups is 1. The van der Waals surface area contributed by atoms with Crippen LogP contribution in [-0.4, -0.2) is 18.1 Å². The highest BCUT2D eigenvalue weighted by Gasteiger charge is 2.32. The summed E-state index contributed by atoms with van der Waals surface area (Å²) in [4.78, 5) is 17.9. The van der Waals surface area contributed by atoms with Crippen LogP contribution in [0.5, 0.6) is 5.75 Å². The zero-order valence-electron chi connectivity index (χ0n) is 13.2. The number of benzene rings is 3. The molecule has 3 aromatic rings. The van der Waals surface area contributed by atoms with E-state index in [1.54, 1.807) is 12.1 Å². The van der Waals surface area contributed by atoms with Crippen molar-refractivity contribution in [3.63, 3.8) is 0 Å². The van der Waals surface area contributed by atoms with Crippen molar-refractivity contribution >= 4 is 34.4 Å². The lowest BCUT2D eigenvalue weighted by Gasteiger charge is -2.03. The zero-order chi connectivity index (χ0) is 17.2. The Morgan fingerprint density at radius 3 is 2.72 bits per heavy atom. The van der Waals surface area contributed by atoms with Gasteiger partial charge in [0.05, 0.1) is 11.8 Å². The highest BCUT2D eigenvalue weighted by molar-refractivity contribution is 6.30. The SMILES string of the molecule is O=C1c2c(ccc3ccccc23)OC1/C=N/OCc1ccc(Cl)cc1. The summed E-state index contributed by atoms with van der Waals surface area (Å²) < 4.78 is 5.70. The van der Waals surface area contributed by atoms with Gasteiger partial charge >= 0.3 is 0 Å². The number of ether oxygens (including phenoxy) is 1. The molecule has 0 bridgehead atoms. The Kier molecular flexibility index (Phi) is 4.12. The van der Waals surface area contributed by atoms with E-state index in [0.29, 0.717) is 22.9 Å². The van der Waals surface area contributed by atoms with Crippen LogP contribution in [0, 0.1) is 0 Å². The number of rotatable bonds is 4. The van der Waals surface area contributed by atoms with E-state index in [-0.39, 0.29) is 5.78 Å². The molecule has 0 spiro atoms. The van der Waals surface area contributed by atoms with Gasteiger partial charge in [-0.25, -0.2) is 0 Å². The van der Waals surface area contributed by atoms with Crippen LogP contribution in [-0.2, 0) is 11.4 Å². The summed E-state index contributed by atoms with van der Waals surface area (Å²) in [6.45, 7) is 0.296. The third-order valence-corrected chi connectivity index (χ3v) is 4.32. The average Bonchev–Trinajstić information content (AvgIpc) is 2.97. The number of hydrogen-bond acceptors (Lipinski definition) is 4. The molecule has 0 aromatic heterocycles. The lowest BCUT2D eigenvalue weighted by Crippen LogP contribution is -2.22. The second kappa shape index (κ2) is 6.57. The highest BCUT2D eigenvalue weighted by atomic mass is 35.5. The smallest absolute Gasteiger partial charge is 0.213 e. The van der Waals surface area contributed by atoms with Crippen LogP contribution in [0.1, 0.15) is 15.9 Å². The summed E-state index contributed by atoms with van der Waals surface area (Å²) in [5.41, 5.74) is 1.54. The Morgan fingerprint density at radius 1 is 1.08 bits per heavy atom. The van der Waals surface area contributed by atoms with Gasteiger partial charge in [0.15, 0.2) is 6.10 Å². The fraction of sp³-hybridized carbons (Fsp3) is 0.100. The van der Waals surface area contributed by atoms with Crippen LogP contribution in [0.2, 0.25) is 5.02 Å². The molecule has 4 nitrogen and oxygen atoms in total. The molecule has 0 fully saturated rings. The molecule has 0 saturated carbocycles. The van der Waals surface area contributed by atoms with Crippen molar-refractivity contribution in [2.75, 3.05) is 0 Å². The van der Waals surface area contributed by atoms with E-state index in [0.717, 1.165) is 16.3 Å². The fourth-order valence-corrected chi connectivity index (χ4v) is 2.95. The van der Waals surface area contributed by atoms with Gasteiger partial charge in [0, 0.05) is 5.02 Å². The van der Waals surface area contributed by atoms with Gasteiger partial charge in [-0.1, -0.05) is 59.2 Å². The summed E-state index contributed by atoms with van der Waals surface area (Å²) >= 11 is 5.84. The van der Waals surface area contributed by atoms with E-state index in [1.165, 1.54) is 6.21 Å². The van der Waals surface area contributed by atoms with E-state index in [9.17, 15) is 4.79 Å². The van der Waals surface area contributed by atoms with Crippen LogP contribution >= 0.6 is 11.6 Å². The zero-order valence-corrected chi connectivity index (χ0v) is 13.9. The largest absolute Gasteiger partial charge is 0.476 e. The van der Waals surface area contributed by atoms with Gasteiger partial charge in [-0.2, -0.15) is 0 Å². The molecule has 1 atom stereocenters. The number of ketones is 1. The minimum Gasteiger partial charge on any atom is -0.476 e. The summed E-state index contributed by atoms with van der Waals surface area (Å²) in [6.07, 6.45) is 0.638. The summed E-state index contributed by atoms with van der Waals surface area (Å²) in [5, 5.41) is 6.45. The van der Waals surface area contributed by atoms with Gasteiger partial charge in [-0.3, -0.25) is 4.79 Å². The quantitative estimate of drug-likeness (QED) is 0.508. The Morgan fingerprint density at radius 2 is 1.88 bits per heavy atom. The summed E-state index contributed by atoms with van der Waals surface area (Å²) in [5.74, 6) is 0.475. The summed E-state index contributed by atoms with van der Waals surface area (Å²) in [7, 11) is 0. The maximum Gasteiger partial charge on any atom is 0.213 e. The van der Waals surface area contributed by atoms with E-state index in [4.69, 9.17) is 21.2 Å². The predicted molar refractivity (Wildman–Crippen MR) is 97.4 cm³/mol. The van der Waals surface area contributed by atoms with Gasteiger partial charge in [0.1, 0.15) is 12.4 Å². The molecular formula is C20H14ClNO3. The molecule has 1 unspecified atom stereocenters. The van der Waals surface area contributed by atoms with Crippen molar-refractivity contribution in [2.24, 2.45) is 5.16 Å². The number of carbonyl (C=O) groups is 1. The van der Waals surface area contributed by atoms with Gasteiger partial charge in [0.25, 0.3) is 0 Å². The first kappa shape index (κ1) is 15.7. The molecule has 0 N–H and O–H groups in total. The molecule has 3 aromatic carbocycles. The highest BCUT2D eigenvalue weighted by Crippen LogP contribution is 2.34. The average molecular weight is 352 g/mol. The monoisotopic (exact) mass is 351 g/mol. The van der Waals surface area contributed by atoms with Crippen molar-refractivity contribution in [3.8, 4) is 5.75 Å². The van der Waals surface area contributed by atoms with Crippen LogP contribution in [0.25, 0.3) is 10.8 Å². The van der Waals surface area contributed by atoms with Crippen LogP contribution < -0.4 is 4.74 Å². The molecule has 1 aliphatic heterocycles. The Hall–Kier alpha value is -2.85.